The van der Waals surface area contributed by atoms with Crippen molar-refractivity contribution >= 4 is 27.2 Å². The van der Waals surface area contributed by atoms with Gasteiger partial charge in [0.25, 0.3) is 0 Å². The highest BCUT2D eigenvalue weighted by atomic mass is 32.2. The Bertz CT molecular complexity index is 622. The highest BCUT2D eigenvalue weighted by Gasteiger charge is 2.31. The number of nitrogens with zero attached hydrogens (tertiary/aromatic N) is 1. The quantitative estimate of drug-likeness (QED) is 0.817. The molecule has 0 bridgehead atoms. The molecule has 4 nitrogen and oxygen atoms in total. The van der Waals surface area contributed by atoms with Crippen LogP contribution in [-0.4, -0.2) is 30.8 Å². The van der Waals surface area contributed by atoms with Gasteiger partial charge in [-0.05, 0) is 43.4 Å². The summed E-state index contributed by atoms with van der Waals surface area (Å²) in [6.45, 7) is 4.77. The summed E-state index contributed by atoms with van der Waals surface area (Å²) in [6, 6.07) is 5.02. The Morgan fingerprint density at radius 1 is 1.45 bits per heavy atom. The molecule has 0 saturated heterocycles. The lowest BCUT2D eigenvalue weighted by Gasteiger charge is -2.21. The summed E-state index contributed by atoms with van der Waals surface area (Å²) in [4.78, 5) is 0.627. The van der Waals surface area contributed by atoms with E-state index in [0.29, 0.717) is 35.0 Å². The lowest BCUT2D eigenvalue weighted by Crippen LogP contribution is -2.33. The molecule has 1 aliphatic rings. The third-order valence-electron chi connectivity index (χ3n) is 3.59. The van der Waals surface area contributed by atoms with Gasteiger partial charge in [-0.3, -0.25) is 0 Å². The van der Waals surface area contributed by atoms with Gasteiger partial charge >= 0.3 is 0 Å². The first-order valence-corrected chi connectivity index (χ1v) is 8.61. The van der Waals surface area contributed by atoms with Gasteiger partial charge in [0.2, 0.25) is 10.0 Å². The molecule has 1 fully saturated rings. The molecule has 6 heteroatoms. The summed E-state index contributed by atoms with van der Waals surface area (Å²) in [5.41, 5.74) is 6.95. The van der Waals surface area contributed by atoms with Crippen LogP contribution in [0.1, 0.15) is 30.9 Å². The van der Waals surface area contributed by atoms with Crippen molar-refractivity contribution < 1.29 is 8.42 Å². The van der Waals surface area contributed by atoms with Gasteiger partial charge in [-0.25, -0.2) is 8.42 Å². The molecule has 1 aromatic rings. The average molecular weight is 312 g/mol. The zero-order valence-corrected chi connectivity index (χ0v) is 13.4. The van der Waals surface area contributed by atoms with Gasteiger partial charge in [-0.2, -0.15) is 4.31 Å². The summed E-state index contributed by atoms with van der Waals surface area (Å²) in [6.07, 6.45) is 2.26. The van der Waals surface area contributed by atoms with E-state index in [0.717, 1.165) is 12.8 Å². The minimum Gasteiger partial charge on any atom is -0.389 e. The first-order valence-electron chi connectivity index (χ1n) is 6.77. The van der Waals surface area contributed by atoms with Crippen molar-refractivity contribution in [2.45, 2.75) is 31.6 Å². The van der Waals surface area contributed by atoms with E-state index in [1.807, 2.05) is 6.92 Å². The molecule has 110 valence electrons. The van der Waals surface area contributed by atoms with Crippen molar-refractivity contribution in [2.75, 3.05) is 13.1 Å². The number of thiocarbonyl (C=S) groups is 1. The maximum atomic E-state index is 12.7. The molecule has 0 aliphatic heterocycles. The van der Waals surface area contributed by atoms with Crippen molar-refractivity contribution in [2.24, 2.45) is 11.7 Å². The summed E-state index contributed by atoms with van der Waals surface area (Å²) in [5, 5.41) is 0. The summed E-state index contributed by atoms with van der Waals surface area (Å²) >= 11 is 4.92. The predicted molar refractivity (Wildman–Crippen MR) is 84.2 cm³/mol. The third-order valence-corrected chi connectivity index (χ3v) is 5.93. The average Bonchev–Trinajstić information content (AvgIpc) is 3.19. The standard InChI is InChI=1S/C14H20N2O2S2/c1-3-16(9-11-4-5-11)20(17,18)13-7-6-12(14(15)19)8-10(13)2/h6-8,11H,3-5,9H2,1-2H3,(H2,15,19). The Balaban J connectivity index is 2.34. The van der Waals surface area contributed by atoms with Crippen LogP contribution in [0.15, 0.2) is 23.1 Å². The molecule has 2 N–H and O–H groups in total. The molecule has 1 aromatic carbocycles. The van der Waals surface area contributed by atoms with Crippen LogP contribution in [0.5, 0.6) is 0 Å². The largest absolute Gasteiger partial charge is 0.389 e. The van der Waals surface area contributed by atoms with Crippen LogP contribution < -0.4 is 5.73 Å². The molecule has 1 saturated carbocycles. The van der Waals surface area contributed by atoms with E-state index in [-0.39, 0.29) is 4.99 Å². The van der Waals surface area contributed by atoms with Gasteiger partial charge in [-0.1, -0.05) is 25.2 Å². The van der Waals surface area contributed by atoms with Crippen LogP contribution in [0, 0.1) is 12.8 Å². The van der Waals surface area contributed by atoms with Crippen LogP contribution in [0.25, 0.3) is 0 Å². The van der Waals surface area contributed by atoms with Crippen LogP contribution in [0.4, 0.5) is 0 Å². The normalized spacial score (nSPS) is 15.6. The lowest BCUT2D eigenvalue weighted by molar-refractivity contribution is 0.411. The van der Waals surface area contributed by atoms with Crippen LogP contribution in [0.2, 0.25) is 0 Å². The van der Waals surface area contributed by atoms with Crippen molar-refractivity contribution in [1.29, 1.82) is 0 Å². The Morgan fingerprint density at radius 2 is 2.10 bits per heavy atom. The van der Waals surface area contributed by atoms with Crippen molar-refractivity contribution in [3.8, 4) is 0 Å². The molecular weight excluding hydrogens is 292 g/mol. The number of benzene rings is 1. The number of nitrogens with two attached hydrogens (primary N) is 1. The second-order valence-electron chi connectivity index (χ2n) is 5.24. The van der Waals surface area contributed by atoms with Gasteiger partial charge in [0.15, 0.2) is 0 Å². The van der Waals surface area contributed by atoms with Crippen LogP contribution >= 0.6 is 12.2 Å². The van der Waals surface area contributed by atoms with E-state index in [2.05, 4.69) is 0 Å². The second-order valence-corrected chi connectivity index (χ2v) is 7.59. The molecular formula is C14H20N2O2S2. The fourth-order valence-electron chi connectivity index (χ4n) is 2.22. The molecule has 0 heterocycles. The summed E-state index contributed by atoms with van der Waals surface area (Å²) < 4.78 is 26.9. The molecule has 0 aromatic heterocycles. The highest BCUT2D eigenvalue weighted by Crippen LogP contribution is 2.32. The molecule has 0 unspecified atom stereocenters. The third kappa shape index (κ3) is 3.19. The second kappa shape index (κ2) is 5.79. The first-order chi connectivity index (χ1) is 9.36. The van der Waals surface area contributed by atoms with Crippen molar-refractivity contribution in [1.82, 2.24) is 4.31 Å². The fraction of sp³-hybridized carbons (Fsp3) is 0.500. The number of hydrogen-bond donors (Lipinski definition) is 1. The minimum absolute atomic E-state index is 0.280. The Morgan fingerprint density at radius 3 is 2.55 bits per heavy atom. The van der Waals surface area contributed by atoms with Crippen molar-refractivity contribution in [3.05, 3.63) is 29.3 Å². The van der Waals surface area contributed by atoms with Gasteiger partial charge in [0.05, 0.1) is 4.90 Å². The van der Waals surface area contributed by atoms with E-state index in [4.69, 9.17) is 18.0 Å². The molecule has 2 rings (SSSR count). The predicted octanol–water partition coefficient (Wildman–Crippen LogP) is 2.05. The fourth-order valence-corrected chi connectivity index (χ4v) is 4.07. The molecule has 0 amide bonds. The molecule has 0 atom stereocenters. The van der Waals surface area contributed by atoms with Crippen LogP contribution in [-0.2, 0) is 10.0 Å². The highest BCUT2D eigenvalue weighted by molar-refractivity contribution is 7.89. The zero-order chi connectivity index (χ0) is 14.9. The molecule has 20 heavy (non-hydrogen) atoms. The van der Waals surface area contributed by atoms with Gasteiger partial charge in [0, 0.05) is 18.7 Å². The topological polar surface area (TPSA) is 63.4 Å². The van der Waals surface area contributed by atoms with Crippen molar-refractivity contribution in [3.63, 3.8) is 0 Å². The zero-order valence-electron chi connectivity index (χ0n) is 11.8. The number of sulfonamides is 1. The van der Waals surface area contributed by atoms with E-state index in [1.54, 1.807) is 29.4 Å². The lowest BCUT2D eigenvalue weighted by atomic mass is 10.1. The summed E-state index contributed by atoms with van der Waals surface area (Å²) in [5.74, 6) is 0.529. The summed E-state index contributed by atoms with van der Waals surface area (Å²) in [7, 11) is -3.43. The smallest absolute Gasteiger partial charge is 0.243 e. The van der Waals surface area contributed by atoms with E-state index < -0.39 is 10.0 Å². The number of rotatable bonds is 6. The molecule has 0 spiro atoms. The molecule has 1 aliphatic carbocycles. The first kappa shape index (κ1) is 15.4. The monoisotopic (exact) mass is 312 g/mol. The maximum absolute atomic E-state index is 12.7. The van der Waals surface area contributed by atoms with Gasteiger partial charge in [-0.15, -0.1) is 0 Å². The number of hydrogen-bond acceptors (Lipinski definition) is 3. The van der Waals surface area contributed by atoms with Gasteiger partial charge in [0.1, 0.15) is 4.99 Å². The Labute approximate surface area is 126 Å². The van der Waals surface area contributed by atoms with E-state index in [1.165, 1.54) is 0 Å². The van der Waals surface area contributed by atoms with Crippen LogP contribution in [0.3, 0.4) is 0 Å². The van der Waals surface area contributed by atoms with Gasteiger partial charge < -0.3 is 5.73 Å². The van der Waals surface area contributed by atoms with E-state index >= 15 is 0 Å². The molecule has 0 radical (unpaired) electrons. The number of aryl methyl sites for hydroxylation is 1. The Kier molecular flexibility index (Phi) is 4.46. The SMILES string of the molecule is CCN(CC1CC1)S(=O)(=O)c1ccc(C(N)=S)cc1C. The minimum atomic E-state index is -3.43. The maximum Gasteiger partial charge on any atom is 0.243 e. The van der Waals surface area contributed by atoms with E-state index in [9.17, 15) is 8.42 Å². The Hall–Kier alpha value is -0.980.